The first-order valence-corrected chi connectivity index (χ1v) is 1.83. The SMILES string of the molecule is CC1=CNNN1.I.[HH]. The van der Waals surface area contributed by atoms with Crippen molar-refractivity contribution >= 4 is 24.0 Å². The Balaban J connectivity index is 0. The Hall–Kier alpha value is 0.0300. The molecule has 0 unspecified atom stereocenters. The summed E-state index contributed by atoms with van der Waals surface area (Å²) in [5.41, 5.74) is 9.35. The van der Waals surface area contributed by atoms with Crippen molar-refractivity contribution in [3.05, 3.63) is 11.9 Å². The quantitative estimate of drug-likeness (QED) is 0.509. The molecule has 1 aliphatic rings. The van der Waals surface area contributed by atoms with E-state index in [1.807, 2.05) is 13.1 Å². The third-order valence-electron chi connectivity index (χ3n) is 0.621. The van der Waals surface area contributed by atoms with E-state index in [0.29, 0.717) is 0 Å². The Kier molecular flexibility index (Phi) is 3.10. The van der Waals surface area contributed by atoms with Gasteiger partial charge in [-0.15, -0.1) is 24.0 Å². The topological polar surface area (TPSA) is 36.1 Å². The fraction of sp³-hybridized carbons (Fsp3) is 0.333. The standard InChI is InChI=1S/C3H7N3.HI.H2/c1-3-2-4-6-5-3;;/h2,4-6H,1H3;2*1H. The molecule has 0 saturated heterocycles. The Morgan fingerprint density at radius 2 is 2.43 bits per heavy atom. The van der Waals surface area contributed by atoms with Gasteiger partial charge in [-0.3, -0.25) is 0 Å². The van der Waals surface area contributed by atoms with Gasteiger partial charge in [0, 0.05) is 13.3 Å². The molecule has 7 heavy (non-hydrogen) atoms. The van der Waals surface area contributed by atoms with Crippen LogP contribution in [0, 0.1) is 0 Å². The smallest absolute Gasteiger partial charge is 0.0419 e. The van der Waals surface area contributed by atoms with E-state index in [4.69, 9.17) is 0 Å². The van der Waals surface area contributed by atoms with Gasteiger partial charge < -0.3 is 10.9 Å². The maximum Gasteiger partial charge on any atom is 0.0419 e. The van der Waals surface area contributed by atoms with E-state index in [2.05, 4.69) is 16.4 Å². The van der Waals surface area contributed by atoms with E-state index in [-0.39, 0.29) is 25.4 Å². The van der Waals surface area contributed by atoms with Crippen LogP contribution in [0.5, 0.6) is 0 Å². The van der Waals surface area contributed by atoms with Gasteiger partial charge >= 0.3 is 0 Å². The molecule has 1 aliphatic heterocycles. The second-order valence-electron chi connectivity index (χ2n) is 1.22. The molecule has 0 aromatic heterocycles. The molecule has 4 heteroatoms. The monoisotopic (exact) mass is 215 g/mol. The van der Waals surface area contributed by atoms with E-state index in [0.717, 1.165) is 5.70 Å². The van der Waals surface area contributed by atoms with E-state index in [1.165, 1.54) is 0 Å². The second-order valence-corrected chi connectivity index (χ2v) is 1.22. The lowest BCUT2D eigenvalue weighted by Gasteiger charge is -1.90. The average Bonchev–Trinajstić information content (AvgIpc) is 1.86. The summed E-state index contributed by atoms with van der Waals surface area (Å²) in [5.74, 6) is 0. The lowest BCUT2D eigenvalue weighted by molar-refractivity contribution is 0.600. The Morgan fingerprint density at radius 1 is 1.71 bits per heavy atom. The third kappa shape index (κ3) is 1.98. The molecule has 3 nitrogen and oxygen atoms in total. The zero-order chi connectivity index (χ0) is 4.41. The highest BCUT2D eigenvalue weighted by molar-refractivity contribution is 14.0. The van der Waals surface area contributed by atoms with Crippen molar-refractivity contribution in [2.24, 2.45) is 0 Å². The summed E-state index contributed by atoms with van der Waals surface area (Å²) in [4.78, 5) is 0. The molecule has 0 radical (unpaired) electrons. The summed E-state index contributed by atoms with van der Waals surface area (Å²) in [6.07, 6.45) is 1.85. The van der Waals surface area contributed by atoms with E-state index in [9.17, 15) is 0 Å². The van der Waals surface area contributed by atoms with Crippen molar-refractivity contribution in [3.63, 3.8) is 0 Å². The highest BCUT2D eigenvalue weighted by atomic mass is 127. The van der Waals surface area contributed by atoms with Crippen molar-refractivity contribution in [3.8, 4) is 0 Å². The first-order chi connectivity index (χ1) is 2.89. The zero-order valence-electron chi connectivity index (χ0n) is 3.99. The number of allylic oxidation sites excluding steroid dienone is 1. The largest absolute Gasteiger partial charge is 0.310 e. The van der Waals surface area contributed by atoms with Crippen LogP contribution in [0.15, 0.2) is 11.9 Å². The Bertz CT molecular complexity index is 84.6. The fourth-order valence-corrected chi connectivity index (χ4v) is 0.315. The van der Waals surface area contributed by atoms with Crippen LogP contribution < -0.4 is 16.4 Å². The highest BCUT2D eigenvalue weighted by Gasteiger charge is 1.88. The van der Waals surface area contributed by atoms with Gasteiger partial charge in [-0.25, -0.2) is 0 Å². The lowest BCUT2D eigenvalue weighted by Crippen LogP contribution is -2.30. The molecule has 0 bridgehead atoms. The van der Waals surface area contributed by atoms with Crippen LogP contribution in [0.1, 0.15) is 8.35 Å². The van der Waals surface area contributed by atoms with Gasteiger partial charge in [-0.1, -0.05) is 0 Å². The molecule has 0 atom stereocenters. The normalized spacial score (nSPS) is 15.9. The van der Waals surface area contributed by atoms with Gasteiger partial charge in [0.2, 0.25) is 0 Å². The molecular formula is C3H10IN3. The van der Waals surface area contributed by atoms with Gasteiger partial charge in [-0.2, -0.15) is 5.53 Å². The maximum absolute atomic E-state index is 2.82. The molecule has 1 rings (SSSR count). The van der Waals surface area contributed by atoms with Crippen LogP contribution in [0.25, 0.3) is 0 Å². The molecule has 0 amide bonds. The summed E-state index contributed by atoms with van der Waals surface area (Å²) in [6.45, 7) is 1.97. The van der Waals surface area contributed by atoms with Gasteiger partial charge in [0.1, 0.15) is 0 Å². The van der Waals surface area contributed by atoms with Gasteiger partial charge in [0.15, 0.2) is 0 Å². The zero-order valence-corrected chi connectivity index (χ0v) is 6.32. The molecule has 0 aromatic rings. The third-order valence-corrected chi connectivity index (χ3v) is 0.621. The number of hydrazine groups is 2. The molecule has 44 valence electrons. The van der Waals surface area contributed by atoms with Crippen molar-refractivity contribution in [1.29, 1.82) is 0 Å². The number of halogens is 1. The predicted molar refractivity (Wildman–Crippen MR) is 40.7 cm³/mol. The van der Waals surface area contributed by atoms with Crippen LogP contribution in [0.2, 0.25) is 0 Å². The Morgan fingerprint density at radius 3 is 2.57 bits per heavy atom. The number of nitrogens with one attached hydrogen (secondary N) is 3. The van der Waals surface area contributed by atoms with Crippen molar-refractivity contribution in [2.45, 2.75) is 6.92 Å². The van der Waals surface area contributed by atoms with Gasteiger partial charge in [0.05, 0.1) is 0 Å². The minimum Gasteiger partial charge on any atom is -0.310 e. The van der Waals surface area contributed by atoms with E-state index >= 15 is 0 Å². The minimum atomic E-state index is 0. The van der Waals surface area contributed by atoms with Crippen LogP contribution in [0.4, 0.5) is 0 Å². The first kappa shape index (κ1) is 7.03. The van der Waals surface area contributed by atoms with Crippen LogP contribution in [0.3, 0.4) is 0 Å². The molecule has 0 saturated carbocycles. The second kappa shape index (κ2) is 3.09. The molecule has 0 aliphatic carbocycles. The number of hydrogen-bond acceptors (Lipinski definition) is 3. The summed E-state index contributed by atoms with van der Waals surface area (Å²) >= 11 is 0. The lowest BCUT2D eigenvalue weighted by atomic mass is 10.6. The fourth-order valence-electron chi connectivity index (χ4n) is 0.315. The van der Waals surface area contributed by atoms with Gasteiger partial charge in [-0.05, 0) is 6.92 Å². The number of hydrogen-bond donors (Lipinski definition) is 3. The summed E-state index contributed by atoms with van der Waals surface area (Å²) in [6, 6.07) is 0. The van der Waals surface area contributed by atoms with Crippen molar-refractivity contribution < 1.29 is 1.43 Å². The summed E-state index contributed by atoms with van der Waals surface area (Å²) < 4.78 is 0. The van der Waals surface area contributed by atoms with Crippen LogP contribution in [-0.4, -0.2) is 0 Å². The summed E-state index contributed by atoms with van der Waals surface area (Å²) in [7, 11) is 0. The van der Waals surface area contributed by atoms with Crippen molar-refractivity contribution in [2.75, 3.05) is 0 Å². The molecule has 0 aromatic carbocycles. The number of rotatable bonds is 0. The molecule has 0 spiro atoms. The molecule has 0 fully saturated rings. The highest BCUT2D eigenvalue weighted by Crippen LogP contribution is 1.80. The van der Waals surface area contributed by atoms with Gasteiger partial charge in [0.25, 0.3) is 0 Å². The summed E-state index contributed by atoms with van der Waals surface area (Å²) in [5, 5.41) is 0. The Labute approximate surface area is 61.0 Å². The molecular weight excluding hydrogens is 205 g/mol. The minimum absolute atomic E-state index is 0. The van der Waals surface area contributed by atoms with E-state index < -0.39 is 0 Å². The first-order valence-electron chi connectivity index (χ1n) is 1.83. The average molecular weight is 215 g/mol. The van der Waals surface area contributed by atoms with Crippen LogP contribution >= 0.6 is 24.0 Å². The predicted octanol–water partition coefficient (Wildman–Crippen LogP) is 0.324. The molecule has 3 N–H and O–H groups in total. The van der Waals surface area contributed by atoms with Crippen LogP contribution in [-0.2, 0) is 0 Å². The van der Waals surface area contributed by atoms with Crippen molar-refractivity contribution in [1.82, 2.24) is 16.4 Å². The van der Waals surface area contributed by atoms with E-state index in [1.54, 1.807) is 0 Å². The molecule has 1 heterocycles. The maximum atomic E-state index is 2.82.